The Hall–Kier alpha value is -1.22. The number of likely N-dealkylation sites (tertiary alicyclic amines) is 1. The Morgan fingerprint density at radius 2 is 2.04 bits per heavy atom. The number of ether oxygens (including phenoxy) is 2. The number of guanidine groups is 1. The number of aliphatic imine (C=N–C) groups is 1. The molecular formula is C20H33IN4O2. The predicted octanol–water partition coefficient (Wildman–Crippen LogP) is 2.96. The second-order valence-electron chi connectivity index (χ2n) is 7.68. The molecule has 0 amide bonds. The molecule has 0 aliphatic carbocycles. The van der Waals surface area contributed by atoms with Crippen molar-refractivity contribution in [3.05, 3.63) is 23.8 Å². The Bertz CT molecular complexity index is 651. The van der Waals surface area contributed by atoms with Gasteiger partial charge in [0, 0.05) is 31.6 Å². The molecule has 2 heterocycles. The zero-order valence-corrected chi connectivity index (χ0v) is 19.2. The summed E-state index contributed by atoms with van der Waals surface area (Å²) in [4.78, 5) is 6.92. The van der Waals surface area contributed by atoms with Gasteiger partial charge in [-0.2, -0.15) is 0 Å². The van der Waals surface area contributed by atoms with Gasteiger partial charge in [0.25, 0.3) is 0 Å². The summed E-state index contributed by atoms with van der Waals surface area (Å²) in [5.74, 6) is 2.52. The topological polar surface area (TPSA) is 58.1 Å². The van der Waals surface area contributed by atoms with Crippen LogP contribution in [-0.4, -0.2) is 56.9 Å². The molecule has 1 aromatic rings. The Kier molecular flexibility index (Phi) is 8.03. The number of rotatable bonds is 6. The van der Waals surface area contributed by atoms with Gasteiger partial charge in [-0.1, -0.05) is 26.8 Å². The molecule has 7 heteroatoms. The van der Waals surface area contributed by atoms with E-state index in [9.17, 15) is 0 Å². The van der Waals surface area contributed by atoms with Crippen molar-refractivity contribution in [1.82, 2.24) is 15.5 Å². The van der Waals surface area contributed by atoms with Crippen molar-refractivity contribution >= 4 is 29.9 Å². The van der Waals surface area contributed by atoms with Gasteiger partial charge >= 0.3 is 0 Å². The first-order valence-electron chi connectivity index (χ1n) is 9.62. The monoisotopic (exact) mass is 488 g/mol. The molecule has 0 aromatic heterocycles. The molecule has 27 heavy (non-hydrogen) atoms. The first-order valence-corrected chi connectivity index (χ1v) is 9.62. The van der Waals surface area contributed by atoms with Gasteiger partial charge in [0.05, 0.1) is 0 Å². The third-order valence-corrected chi connectivity index (χ3v) is 5.49. The third-order valence-electron chi connectivity index (χ3n) is 5.49. The van der Waals surface area contributed by atoms with Crippen LogP contribution in [0.2, 0.25) is 0 Å². The Morgan fingerprint density at radius 1 is 1.26 bits per heavy atom. The van der Waals surface area contributed by atoms with Crippen LogP contribution in [0.4, 0.5) is 0 Å². The molecule has 0 saturated carbocycles. The normalized spacial score (nSPS) is 19.7. The lowest BCUT2D eigenvalue weighted by Crippen LogP contribution is -2.47. The van der Waals surface area contributed by atoms with Crippen LogP contribution < -0.4 is 20.1 Å². The zero-order chi connectivity index (χ0) is 18.6. The first-order chi connectivity index (χ1) is 12.5. The van der Waals surface area contributed by atoms with Gasteiger partial charge in [-0.3, -0.25) is 9.89 Å². The second-order valence-corrected chi connectivity index (χ2v) is 7.68. The quantitative estimate of drug-likeness (QED) is 0.367. The number of nitrogens with zero attached hydrogens (tertiary/aromatic N) is 2. The van der Waals surface area contributed by atoms with E-state index < -0.39 is 0 Å². The molecular weight excluding hydrogens is 455 g/mol. The molecule has 0 bridgehead atoms. The van der Waals surface area contributed by atoms with Crippen LogP contribution in [0.5, 0.6) is 11.5 Å². The molecule has 0 spiro atoms. The maximum Gasteiger partial charge on any atom is 0.231 e. The number of hydrogen-bond acceptors (Lipinski definition) is 4. The molecule has 2 N–H and O–H groups in total. The van der Waals surface area contributed by atoms with Crippen LogP contribution in [0.1, 0.15) is 39.2 Å². The average molecular weight is 488 g/mol. The fraction of sp³-hybridized carbons (Fsp3) is 0.650. The molecule has 2 aliphatic heterocycles. The van der Waals surface area contributed by atoms with E-state index in [-0.39, 0.29) is 29.4 Å². The molecule has 1 aromatic carbocycles. The lowest BCUT2D eigenvalue weighted by atomic mass is 9.84. The van der Waals surface area contributed by atoms with Crippen molar-refractivity contribution in [2.75, 3.05) is 40.0 Å². The van der Waals surface area contributed by atoms with Crippen molar-refractivity contribution < 1.29 is 9.47 Å². The van der Waals surface area contributed by atoms with Gasteiger partial charge in [0.15, 0.2) is 17.5 Å². The van der Waals surface area contributed by atoms with E-state index in [2.05, 4.69) is 53.4 Å². The Labute approximate surface area is 180 Å². The molecule has 3 rings (SSSR count). The predicted molar refractivity (Wildman–Crippen MR) is 121 cm³/mol. The first kappa shape index (κ1) is 22.1. The van der Waals surface area contributed by atoms with Gasteiger partial charge < -0.3 is 20.1 Å². The van der Waals surface area contributed by atoms with Gasteiger partial charge in [-0.15, -0.1) is 24.0 Å². The highest BCUT2D eigenvalue weighted by Crippen LogP contribution is 2.36. The minimum absolute atomic E-state index is 0. The molecule has 152 valence electrons. The summed E-state index contributed by atoms with van der Waals surface area (Å²) >= 11 is 0. The summed E-state index contributed by atoms with van der Waals surface area (Å²) in [6.07, 6.45) is 2.56. The van der Waals surface area contributed by atoms with Crippen molar-refractivity contribution in [3.8, 4) is 11.5 Å². The molecule has 6 nitrogen and oxygen atoms in total. The maximum atomic E-state index is 5.51. The molecule has 2 aliphatic rings. The summed E-state index contributed by atoms with van der Waals surface area (Å²) < 4.78 is 10.9. The van der Waals surface area contributed by atoms with Gasteiger partial charge in [0.2, 0.25) is 6.79 Å². The average Bonchev–Trinajstić information content (AvgIpc) is 3.29. The molecule has 1 unspecified atom stereocenters. The Morgan fingerprint density at radius 3 is 2.78 bits per heavy atom. The van der Waals surface area contributed by atoms with E-state index in [0.29, 0.717) is 12.8 Å². The van der Waals surface area contributed by atoms with Crippen LogP contribution in [0.3, 0.4) is 0 Å². The maximum absolute atomic E-state index is 5.51. The fourth-order valence-electron chi connectivity index (χ4n) is 3.70. The smallest absolute Gasteiger partial charge is 0.231 e. The van der Waals surface area contributed by atoms with Gasteiger partial charge in [-0.05, 0) is 43.6 Å². The molecule has 1 fully saturated rings. The van der Waals surface area contributed by atoms with E-state index in [1.807, 2.05) is 13.1 Å². The van der Waals surface area contributed by atoms with Crippen LogP contribution in [0, 0.1) is 0 Å². The van der Waals surface area contributed by atoms with Gasteiger partial charge in [-0.25, -0.2) is 0 Å². The van der Waals surface area contributed by atoms with Crippen LogP contribution in [0.15, 0.2) is 23.2 Å². The van der Waals surface area contributed by atoms with Crippen LogP contribution in [-0.2, 0) is 5.41 Å². The highest BCUT2D eigenvalue weighted by atomic mass is 127. The van der Waals surface area contributed by atoms with Crippen molar-refractivity contribution in [2.24, 2.45) is 4.99 Å². The third kappa shape index (κ3) is 5.40. The van der Waals surface area contributed by atoms with Crippen LogP contribution in [0.25, 0.3) is 0 Å². The highest BCUT2D eigenvalue weighted by molar-refractivity contribution is 14.0. The number of hydrogen-bond donors (Lipinski definition) is 2. The summed E-state index contributed by atoms with van der Waals surface area (Å²) in [6, 6.07) is 6.80. The molecule has 1 saturated heterocycles. The summed E-state index contributed by atoms with van der Waals surface area (Å²) in [7, 11) is 1.83. The second kappa shape index (κ2) is 9.82. The van der Waals surface area contributed by atoms with E-state index in [1.165, 1.54) is 24.9 Å². The number of fused-ring (bicyclic) bond motifs is 1. The lowest BCUT2D eigenvalue weighted by molar-refractivity contribution is 0.174. The van der Waals surface area contributed by atoms with Crippen molar-refractivity contribution in [2.45, 2.75) is 45.1 Å². The summed E-state index contributed by atoms with van der Waals surface area (Å²) in [5, 5.41) is 6.97. The fourth-order valence-corrected chi connectivity index (χ4v) is 3.70. The van der Waals surface area contributed by atoms with Crippen LogP contribution >= 0.6 is 24.0 Å². The van der Waals surface area contributed by atoms with Crippen molar-refractivity contribution in [1.29, 1.82) is 0 Å². The number of benzene rings is 1. The zero-order valence-electron chi connectivity index (χ0n) is 16.9. The highest BCUT2D eigenvalue weighted by Gasteiger charge is 2.25. The van der Waals surface area contributed by atoms with E-state index in [0.717, 1.165) is 37.1 Å². The summed E-state index contributed by atoms with van der Waals surface area (Å²) in [6.45, 7) is 11.1. The minimum Gasteiger partial charge on any atom is -0.454 e. The molecule has 0 radical (unpaired) electrons. The molecule has 1 atom stereocenters. The van der Waals surface area contributed by atoms with E-state index >= 15 is 0 Å². The Balaban J connectivity index is 0.00000261. The number of likely N-dealkylation sites (N-methyl/N-ethyl adjacent to an activating group) is 1. The standard InChI is InChI=1S/C20H32N4O2.HI/c1-5-24-10-6-7-16(24)12-22-19(21-4)23-13-20(2,3)15-8-9-17-18(11-15)26-14-25-17;/h8-9,11,16H,5-7,10,12-14H2,1-4H3,(H2,21,22,23);1H. The van der Waals surface area contributed by atoms with E-state index in [1.54, 1.807) is 0 Å². The van der Waals surface area contributed by atoms with E-state index in [4.69, 9.17) is 9.47 Å². The lowest BCUT2D eigenvalue weighted by Gasteiger charge is -2.28. The largest absolute Gasteiger partial charge is 0.454 e. The number of nitrogens with one attached hydrogen (secondary N) is 2. The SMILES string of the molecule is CCN1CCCC1CNC(=NC)NCC(C)(C)c1ccc2c(c1)OCO2.I. The summed E-state index contributed by atoms with van der Waals surface area (Å²) in [5.41, 5.74) is 1.17. The van der Waals surface area contributed by atoms with Gasteiger partial charge in [0.1, 0.15) is 0 Å². The van der Waals surface area contributed by atoms with Crippen molar-refractivity contribution in [3.63, 3.8) is 0 Å². The number of halogens is 1. The minimum atomic E-state index is -0.0542.